The molecule has 0 unspecified atom stereocenters. The van der Waals surface area contributed by atoms with Crippen LogP contribution in [0, 0.1) is 13.8 Å². The Balaban J connectivity index is 2.43. The van der Waals surface area contributed by atoms with E-state index in [9.17, 15) is 9.59 Å². The van der Waals surface area contributed by atoms with Gasteiger partial charge in [0.15, 0.2) is 6.61 Å². The molecule has 1 amide bonds. The molecular weight excluding hydrogens is 284 g/mol. The van der Waals surface area contributed by atoms with Gasteiger partial charge in [0.1, 0.15) is 5.75 Å². The minimum absolute atomic E-state index is 0.0476. The number of hydrogen-bond acceptors (Lipinski definition) is 5. The molecule has 0 radical (unpaired) electrons. The SMILES string of the molecule is CCOC(=O)CC(C)=NNC(=O)COc1cc(C)ccc1C. The lowest BCUT2D eigenvalue weighted by molar-refractivity contribution is -0.141. The Kier molecular flexibility index (Phi) is 7.08. The van der Waals surface area contributed by atoms with Crippen LogP contribution in [0.15, 0.2) is 23.3 Å². The molecule has 6 heteroatoms. The summed E-state index contributed by atoms with van der Waals surface area (Å²) in [6.07, 6.45) is 0.0476. The van der Waals surface area contributed by atoms with Crippen molar-refractivity contribution in [3.8, 4) is 5.75 Å². The summed E-state index contributed by atoms with van der Waals surface area (Å²) in [5, 5.41) is 3.83. The molecule has 0 aliphatic carbocycles. The first-order valence-electron chi connectivity index (χ1n) is 7.10. The van der Waals surface area contributed by atoms with Crippen molar-refractivity contribution >= 4 is 17.6 Å². The fourth-order valence-electron chi connectivity index (χ4n) is 1.66. The number of carbonyl (C=O) groups excluding carboxylic acids is 2. The number of esters is 1. The third kappa shape index (κ3) is 6.39. The first-order chi connectivity index (χ1) is 10.4. The lowest BCUT2D eigenvalue weighted by atomic mass is 10.1. The highest BCUT2D eigenvalue weighted by atomic mass is 16.5. The molecule has 0 bridgehead atoms. The molecule has 0 spiro atoms. The van der Waals surface area contributed by atoms with Crippen molar-refractivity contribution in [2.45, 2.75) is 34.1 Å². The number of amides is 1. The summed E-state index contributed by atoms with van der Waals surface area (Å²) in [5.74, 6) is -0.0869. The molecule has 1 aromatic carbocycles. The van der Waals surface area contributed by atoms with Gasteiger partial charge >= 0.3 is 5.97 Å². The third-order valence-electron chi connectivity index (χ3n) is 2.78. The van der Waals surface area contributed by atoms with Gasteiger partial charge in [0.2, 0.25) is 0 Å². The van der Waals surface area contributed by atoms with Crippen LogP contribution in [0.4, 0.5) is 0 Å². The number of nitrogens with zero attached hydrogens (tertiary/aromatic N) is 1. The number of hydrogen-bond donors (Lipinski definition) is 1. The maximum absolute atomic E-state index is 11.7. The normalized spacial score (nSPS) is 11.0. The minimum atomic E-state index is -0.385. The highest BCUT2D eigenvalue weighted by Gasteiger charge is 2.07. The second kappa shape index (κ2) is 8.81. The van der Waals surface area contributed by atoms with Gasteiger partial charge in [0.05, 0.1) is 13.0 Å². The van der Waals surface area contributed by atoms with E-state index in [4.69, 9.17) is 9.47 Å². The summed E-state index contributed by atoms with van der Waals surface area (Å²) in [5.41, 5.74) is 4.84. The zero-order valence-corrected chi connectivity index (χ0v) is 13.4. The molecule has 1 aromatic rings. The van der Waals surface area contributed by atoms with Crippen LogP contribution < -0.4 is 10.2 Å². The van der Waals surface area contributed by atoms with Gasteiger partial charge < -0.3 is 9.47 Å². The second-order valence-corrected chi connectivity index (χ2v) is 4.92. The van der Waals surface area contributed by atoms with Crippen molar-refractivity contribution in [2.75, 3.05) is 13.2 Å². The number of aryl methyl sites for hydroxylation is 2. The topological polar surface area (TPSA) is 77.0 Å². The Labute approximate surface area is 130 Å². The van der Waals surface area contributed by atoms with E-state index in [0.717, 1.165) is 11.1 Å². The monoisotopic (exact) mass is 306 g/mol. The minimum Gasteiger partial charge on any atom is -0.483 e. The van der Waals surface area contributed by atoms with E-state index in [1.807, 2.05) is 32.0 Å². The smallest absolute Gasteiger partial charge is 0.311 e. The molecule has 0 saturated heterocycles. The first-order valence-corrected chi connectivity index (χ1v) is 7.10. The van der Waals surface area contributed by atoms with E-state index in [2.05, 4.69) is 10.5 Å². The maximum Gasteiger partial charge on any atom is 0.311 e. The molecule has 0 aliphatic heterocycles. The second-order valence-electron chi connectivity index (χ2n) is 4.92. The summed E-state index contributed by atoms with van der Waals surface area (Å²) < 4.78 is 10.3. The van der Waals surface area contributed by atoms with Crippen molar-refractivity contribution in [3.05, 3.63) is 29.3 Å². The number of hydrazone groups is 1. The molecular formula is C16H22N2O4. The molecule has 6 nitrogen and oxygen atoms in total. The van der Waals surface area contributed by atoms with Crippen molar-refractivity contribution in [1.29, 1.82) is 0 Å². The Morgan fingerprint density at radius 2 is 2.00 bits per heavy atom. The molecule has 0 fully saturated rings. The average Bonchev–Trinajstić information content (AvgIpc) is 2.46. The van der Waals surface area contributed by atoms with Crippen LogP contribution in [0.1, 0.15) is 31.4 Å². The molecule has 0 saturated carbocycles. The number of benzene rings is 1. The molecule has 0 aliphatic rings. The third-order valence-corrected chi connectivity index (χ3v) is 2.78. The highest BCUT2D eigenvalue weighted by Crippen LogP contribution is 2.18. The van der Waals surface area contributed by atoms with Crippen molar-refractivity contribution in [3.63, 3.8) is 0 Å². The summed E-state index contributed by atoms with van der Waals surface area (Å²) in [7, 11) is 0. The quantitative estimate of drug-likeness (QED) is 0.475. The van der Waals surface area contributed by atoms with Crippen molar-refractivity contribution < 1.29 is 19.1 Å². The van der Waals surface area contributed by atoms with E-state index < -0.39 is 0 Å². The fraction of sp³-hybridized carbons (Fsp3) is 0.438. The van der Waals surface area contributed by atoms with Crippen LogP contribution in [0.5, 0.6) is 5.75 Å². The maximum atomic E-state index is 11.7. The van der Waals surface area contributed by atoms with E-state index >= 15 is 0 Å². The van der Waals surface area contributed by atoms with Crippen LogP contribution >= 0.6 is 0 Å². The molecule has 1 rings (SSSR count). The summed E-state index contributed by atoms with van der Waals surface area (Å²) in [6.45, 7) is 7.42. The zero-order valence-electron chi connectivity index (χ0n) is 13.4. The molecule has 22 heavy (non-hydrogen) atoms. The fourth-order valence-corrected chi connectivity index (χ4v) is 1.66. The molecule has 1 N–H and O–H groups in total. The lowest BCUT2D eigenvalue weighted by Gasteiger charge is -2.09. The molecule has 0 heterocycles. The Morgan fingerprint density at radius 1 is 1.27 bits per heavy atom. The predicted molar refractivity (Wildman–Crippen MR) is 83.9 cm³/mol. The van der Waals surface area contributed by atoms with Crippen LogP contribution in [-0.4, -0.2) is 30.8 Å². The number of rotatable bonds is 7. The van der Waals surface area contributed by atoms with Gasteiger partial charge in [-0.25, -0.2) is 5.43 Å². The summed E-state index contributed by atoms with van der Waals surface area (Å²) >= 11 is 0. The van der Waals surface area contributed by atoms with Gasteiger partial charge in [-0.2, -0.15) is 5.10 Å². The van der Waals surface area contributed by atoms with Gasteiger partial charge in [0.25, 0.3) is 5.91 Å². The average molecular weight is 306 g/mol. The van der Waals surface area contributed by atoms with Crippen LogP contribution in [0.2, 0.25) is 0 Å². The first kappa shape index (κ1) is 17.7. The standard InChI is InChI=1S/C16H22N2O4/c1-5-21-16(20)9-13(4)17-18-15(19)10-22-14-8-11(2)6-7-12(14)3/h6-8H,5,9-10H2,1-4H3,(H,18,19). The van der Waals surface area contributed by atoms with E-state index in [-0.39, 0.29) is 24.9 Å². The van der Waals surface area contributed by atoms with E-state index in [0.29, 0.717) is 18.1 Å². The number of ether oxygens (including phenoxy) is 2. The van der Waals surface area contributed by atoms with E-state index in [1.54, 1.807) is 13.8 Å². The Hall–Kier alpha value is -2.37. The van der Waals surface area contributed by atoms with Gasteiger partial charge in [-0.1, -0.05) is 12.1 Å². The molecule has 120 valence electrons. The van der Waals surface area contributed by atoms with Crippen LogP contribution in [-0.2, 0) is 14.3 Å². The Morgan fingerprint density at radius 3 is 2.68 bits per heavy atom. The summed E-state index contributed by atoms with van der Waals surface area (Å²) in [6, 6.07) is 5.79. The molecule has 0 aromatic heterocycles. The highest BCUT2D eigenvalue weighted by molar-refractivity contribution is 5.98. The summed E-state index contributed by atoms with van der Waals surface area (Å²) in [4.78, 5) is 22.9. The van der Waals surface area contributed by atoms with Gasteiger partial charge in [-0.05, 0) is 44.9 Å². The predicted octanol–water partition coefficient (Wildman–Crippen LogP) is 2.13. The van der Waals surface area contributed by atoms with Crippen molar-refractivity contribution in [1.82, 2.24) is 5.43 Å². The van der Waals surface area contributed by atoms with Gasteiger partial charge in [0, 0.05) is 5.71 Å². The number of nitrogens with one attached hydrogen (secondary N) is 1. The zero-order chi connectivity index (χ0) is 16.5. The largest absolute Gasteiger partial charge is 0.483 e. The van der Waals surface area contributed by atoms with E-state index in [1.165, 1.54) is 0 Å². The Bertz CT molecular complexity index is 567. The number of carbonyl (C=O) groups is 2. The van der Waals surface area contributed by atoms with Gasteiger partial charge in [-0.15, -0.1) is 0 Å². The van der Waals surface area contributed by atoms with Crippen LogP contribution in [0.3, 0.4) is 0 Å². The molecule has 0 atom stereocenters. The van der Waals surface area contributed by atoms with Crippen LogP contribution in [0.25, 0.3) is 0 Å². The van der Waals surface area contributed by atoms with Gasteiger partial charge in [-0.3, -0.25) is 9.59 Å². The van der Waals surface area contributed by atoms with Crippen molar-refractivity contribution in [2.24, 2.45) is 5.10 Å². The lowest BCUT2D eigenvalue weighted by Crippen LogP contribution is -2.26.